The lowest BCUT2D eigenvalue weighted by Gasteiger charge is -2.19. The van der Waals surface area contributed by atoms with Gasteiger partial charge in [0.1, 0.15) is 11.9 Å². The first kappa shape index (κ1) is 17.6. The Kier molecular flexibility index (Phi) is 6.05. The van der Waals surface area contributed by atoms with Gasteiger partial charge in [-0.05, 0) is 36.4 Å². The molecule has 5 heteroatoms. The van der Waals surface area contributed by atoms with Gasteiger partial charge < -0.3 is 10.6 Å². The summed E-state index contributed by atoms with van der Waals surface area (Å²) in [5.74, 6) is -0.0783. The molecule has 3 N–H and O–H groups in total. The van der Waals surface area contributed by atoms with Gasteiger partial charge in [-0.2, -0.15) is 5.26 Å². The number of nitrogens with zero attached hydrogens (tertiary/aromatic N) is 1. The number of carbonyl (C=O) groups excluding carboxylic acids is 1. The van der Waals surface area contributed by atoms with Gasteiger partial charge in [-0.25, -0.2) is 4.39 Å². The minimum atomic E-state index is -0.264. The molecule has 24 heavy (non-hydrogen) atoms. The Morgan fingerprint density at radius 2 is 1.79 bits per heavy atom. The van der Waals surface area contributed by atoms with E-state index in [9.17, 15) is 9.18 Å². The fourth-order valence-electron chi connectivity index (χ4n) is 2.55. The minimum Gasteiger partial charge on any atom is -0.332 e. The van der Waals surface area contributed by atoms with Gasteiger partial charge in [0.25, 0.3) is 5.91 Å². The van der Waals surface area contributed by atoms with Crippen molar-refractivity contribution in [3.05, 3.63) is 65.5 Å². The summed E-state index contributed by atoms with van der Waals surface area (Å²) in [6, 6.07) is 15.2. The van der Waals surface area contributed by atoms with Crippen LogP contribution >= 0.6 is 0 Å². The van der Waals surface area contributed by atoms with Crippen molar-refractivity contribution in [3.8, 4) is 6.07 Å². The summed E-state index contributed by atoms with van der Waals surface area (Å²) in [6.45, 7) is 4.41. The number of nitrogens with two attached hydrogens (primary N) is 1. The number of quaternary nitrogens is 1. The van der Waals surface area contributed by atoms with Gasteiger partial charge in [0, 0.05) is 17.2 Å². The fourth-order valence-corrected chi connectivity index (χ4v) is 2.55. The second-order valence-electron chi connectivity index (χ2n) is 6.00. The molecule has 0 fully saturated rings. The van der Waals surface area contributed by atoms with E-state index >= 15 is 0 Å². The third-order valence-electron chi connectivity index (χ3n) is 3.83. The molecule has 0 aliphatic heterocycles. The number of benzene rings is 2. The van der Waals surface area contributed by atoms with Crippen molar-refractivity contribution in [3.63, 3.8) is 0 Å². The van der Waals surface area contributed by atoms with Crippen LogP contribution in [0, 0.1) is 23.1 Å². The first-order chi connectivity index (χ1) is 11.5. The Morgan fingerprint density at radius 1 is 1.17 bits per heavy atom. The largest absolute Gasteiger partial charge is 0.332 e. The Hall–Kier alpha value is -2.71. The monoisotopic (exact) mass is 326 g/mol. The van der Waals surface area contributed by atoms with E-state index in [-0.39, 0.29) is 24.3 Å². The van der Waals surface area contributed by atoms with Crippen LogP contribution in [0.25, 0.3) is 0 Å². The summed E-state index contributed by atoms with van der Waals surface area (Å²) in [6.07, 6.45) is 0. The van der Waals surface area contributed by atoms with Crippen LogP contribution in [-0.2, 0) is 4.79 Å². The zero-order valence-corrected chi connectivity index (χ0v) is 13.8. The lowest BCUT2D eigenvalue weighted by atomic mass is 9.96. The molecule has 0 spiro atoms. The molecular formula is C19H21FN3O+. The average molecular weight is 326 g/mol. The standard InChI is InChI=1S/C19H20FN3O/c1-13(2)19(15-5-7-16(20)8-6-15)22-12-18(24)23-17-9-3-14(11-21)4-10-17/h3-10,13,19,22H,12H2,1-2H3,(H,23,24)/p+1/t19-/m1/s1. The molecule has 0 radical (unpaired) electrons. The number of nitriles is 1. The van der Waals surface area contributed by atoms with E-state index < -0.39 is 0 Å². The first-order valence-electron chi connectivity index (χ1n) is 7.88. The van der Waals surface area contributed by atoms with Crippen LogP contribution in [-0.4, -0.2) is 12.5 Å². The first-order valence-corrected chi connectivity index (χ1v) is 7.88. The van der Waals surface area contributed by atoms with E-state index in [1.54, 1.807) is 36.4 Å². The number of rotatable bonds is 6. The Balaban J connectivity index is 1.94. The molecule has 2 rings (SSSR count). The molecule has 124 valence electrons. The van der Waals surface area contributed by atoms with E-state index in [4.69, 9.17) is 5.26 Å². The third kappa shape index (κ3) is 4.90. The van der Waals surface area contributed by atoms with Crippen LogP contribution < -0.4 is 10.6 Å². The number of hydrogen-bond donors (Lipinski definition) is 2. The molecule has 0 aliphatic carbocycles. The number of anilines is 1. The molecule has 2 aromatic carbocycles. The summed E-state index contributed by atoms with van der Waals surface area (Å²) in [7, 11) is 0. The highest BCUT2D eigenvalue weighted by atomic mass is 19.1. The van der Waals surface area contributed by atoms with Gasteiger partial charge in [0.2, 0.25) is 0 Å². The summed E-state index contributed by atoms with van der Waals surface area (Å²) < 4.78 is 13.1. The number of amides is 1. The molecule has 1 atom stereocenters. The Morgan fingerprint density at radius 3 is 2.33 bits per heavy atom. The van der Waals surface area contributed by atoms with Gasteiger partial charge in [0.05, 0.1) is 11.6 Å². The second-order valence-corrected chi connectivity index (χ2v) is 6.00. The molecule has 0 unspecified atom stereocenters. The average Bonchev–Trinajstić information content (AvgIpc) is 2.57. The molecular weight excluding hydrogens is 305 g/mol. The molecule has 0 saturated carbocycles. The zero-order chi connectivity index (χ0) is 17.5. The van der Waals surface area contributed by atoms with Gasteiger partial charge in [-0.3, -0.25) is 4.79 Å². The van der Waals surface area contributed by atoms with E-state index in [1.807, 2.05) is 11.4 Å². The van der Waals surface area contributed by atoms with Gasteiger partial charge in [0.15, 0.2) is 6.54 Å². The predicted octanol–water partition coefficient (Wildman–Crippen LogP) is 2.60. The van der Waals surface area contributed by atoms with Crippen molar-refractivity contribution in [2.24, 2.45) is 5.92 Å². The molecule has 2 aromatic rings. The van der Waals surface area contributed by atoms with Crippen molar-refractivity contribution >= 4 is 11.6 Å². The minimum absolute atomic E-state index is 0.0808. The predicted molar refractivity (Wildman–Crippen MR) is 90.6 cm³/mol. The summed E-state index contributed by atoms with van der Waals surface area (Å²) in [5, 5.41) is 13.5. The number of carbonyl (C=O) groups is 1. The summed E-state index contributed by atoms with van der Waals surface area (Å²) in [5.41, 5.74) is 2.21. The van der Waals surface area contributed by atoms with Crippen LogP contribution in [0.15, 0.2) is 48.5 Å². The molecule has 0 aliphatic rings. The second kappa shape index (κ2) is 8.23. The SMILES string of the molecule is CC(C)[C@@H]([NH2+]CC(=O)Nc1ccc(C#N)cc1)c1ccc(F)cc1. The quantitative estimate of drug-likeness (QED) is 0.856. The molecule has 0 aromatic heterocycles. The molecule has 0 saturated heterocycles. The number of halogens is 1. The maximum atomic E-state index is 13.1. The summed E-state index contributed by atoms with van der Waals surface area (Å²) >= 11 is 0. The van der Waals surface area contributed by atoms with Gasteiger partial charge >= 0.3 is 0 Å². The molecule has 1 amide bonds. The van der Waals surface area contributed by atoms with Gasteiger partial charge in [-0.15, -0.1) is 0 Å². The lowest BCUT2D eigenvalue weighted by molar-refractivity contribution is -0.692. The van der Waals surface area contributed by atoms with E-state index in [0.717, 1.165) is 5.56 Å². The third-order valence-corrected chi connectivity index (χ3v) is 3.83. The Labute approximate surface area is 141 Å². The van der Waals surface area contributed by atoms with Crippen molar-refractivity contribution in [1.82, 2.24) is 0 Å². The summed E-state index contributed by atoms with van der Waals surface area (Å²) in [4.78, 5) is 12.1. The van der Waals surface area contributed by atoms with Crippen molar-refractivity contribution in [2.75, 3.05) is 11.9 Å². The highest BCUT2D eigenvalue weighted by Gasteiger charge is 2.20. The smallest absolute Gasteiger partial charge is 0.279 e. The number of hydrogen-bond acceptors (Lipinski definition) is 2. The Bertz CT molecular complexity index is 718. The maximum Gasteiger partial charge on any atom is 0.279 e. The van der Waals surface area contributed by atoms with Crippen molar-refractivity contribution < 1.29 is 14.5 Å². The van der Waals surface area contributed by atoms with Crippen LogP contribution in [0.4, 0.5) is 10.1 Å². The van der Waals surface area contributed by atoms with E-state index in [1.165, 1.54) is 12.1 Å². The molecule has 4 nitrogen and oxygen atoms in total. The molecule has 0 heterocycles. The topological polar surface area (TPSA) is 69.5 Å². The van der Waals surface area contributed by atoms with Crippen LogP contribution in [0.1, 0.15) is 31.0 Å². The highest BCUT2D eigenvalue weighted by Crippen LogP contribution is 2.17. The van der Waals surface area contributed by atoms with Crippen LogP contribution in [0.2, 0.25) is 0 Å². The zero-order valence-electron chi connectivity index (χ0n) is 13.8. The van der Waals surface area contributed by atoms with E-state index in [0.29, 0.717) is 17.2 Å². The van der Waals surface area contributed by atoms with Crippen LogP contribution in [0.5, 0.6) is 0 Å². The van der Waals surface area contributed by atoms with Crippen molar-refractivity contribution in [1.29, 1.82) is 5.26 Å². The number of nitrogens with one attached hydrogen (secondary N) is 1. The molecule has 0 bridgehead atoms. The van der Waals surface area contributed by atoms with E-state index in [2.05, 4.69) is 19.2 Å². The maximum absolute atomic E-state index is 13.1. The fraction of sp³-hybridized carbons (Fsp3) is 0.263. The highest BCUT2D eigenvalue weighted by molar-refractivity contribution is 5.91. The van der Waals surface area contributed by atoms with Gasteiger partial charge in [-0.1, -0.05) is 26.0 Å². The van der Waals surface area contributed by atoms with Crippen LogP contribution in [0.3, 0.4) is 0 Å². The normalized spacial score (nSPS) is 11.8. The lowest BCUT2D eigenvalue weighted by Crippen LogP contribution is -2.88. The van der Waals surface area contributed by atoms with Crippen molar-refractivity contribution in [2.45, 2.75) is 19.9 Å².